The number of ether oxygens (including phenoxy) is 1. The third kappa shape index (κ3) is 5.30. The van der Waals surface area contributed by atoms with E-state index in [1.54, 1.807) is 19.0 Å². The summed E-state index contributed by atoms with van der Waals surface area (Å²) in [6.45, 7) is -2.41. The molecule has 1 amide bonds. The number of amides is 1. The van der Waals surface area contributed by atoms with Gasteiger partial charge in [-0.25, -0.2) is 4.98 Å². The Labute approximate surface area is 175 Å². The van der Waals surface area contributed by atoms with Crippen LogP contribution in [0.1, 0.15) is 16.1 Å². The van der Waals surface area contributed by atoms with Gasteiger partial charge in [-0.1, -0.05) is 12.1 Å². The fourth-order valence-electron chi connectivity index (χ4n) is 3.06. The van der Waals surface area contributed by atoms with Gasteiger partial charge in [-0.05, 0) is 12.1 Å². The highest BCUT2D eigenvalue weighted by Gasteiger charge is 2.35. The van der Waals surface area contributed by atoms with Crippen LogP contribution in [0.3, 0.4) is 0 Å². The minimum Gasteiger partial charge on any atom is -0.434 e. The Morgan fingerprint density at radius 3 is 2.32 bits per heavy atom. The molecule has 0 aliphatic carbocycles. The summed E-state index contributed by atoms with van der Waals surface area (Å²) in [4.78, 5) is 25.0. The van der Waals surface area contributed by atoms with Crippen LogP contribution in [0.25, 0.3) is 0 Å². The van der Waals surface area contributed by atoms with E-state index in [1.807, 2.05) is 0 Å². The molecule has 0 radical (unpaired) electrons. The van der Waals surface area contributed by atoms with E-state index in [4.69, 9.17) is 0 Å². The smallest absolute Gasteiger partial charge is 0.433 e. The van der Waals surface area contributed by atoms with Crippen LogP contribution in [0, 0.1) is 0 Å². The van der Waals surface area contributed by atoms with Gasteiger partial charge in [-0.15, -0.1) is 0 Å². The van der Waals surface area contributed by atoms with Gasteiger partial charge in [0.1, 0.15) is 11.6 Å². The van der Waals surface area contributed by atoms with Crippen molar-refractivity contribution in [2.45, 2.75) is 12.8 Å². The van der Waals surface area contributed by atoms with Crippen molar-refractivity contribution in [2.75, 3.05) is 50.1 Å². The average Bonchev–Trinajstić information content (AvgIpc) is 2.72. The molecule has 3 rings (SSSR count). The monoisotopic (exact) mass is 445 g/mol. The predicted molar refractivity (Wildman–Crippen MR) is 103 cm³/mol. The van der Waals surface area contributed by atoms with Crippen molar-refractivity contribution in [3.63, 3.8) is 0 Å². The molecule has 0 atom stereocenters. The first-order chi connectivity index (χ1) is 14.6. The third-order valence-electron chi connectivity index (χ3n) is 4.63. The van der Waals surface area contributed by atoms with E-state index in [0.717, 1.165) is 6.07 Å². The number of hydrogen-bond acceptors (Lipinski definition) is 6. The molecule has 0 spiro atoms. The molecule has 1 aliphatic heterocycles. The van der Waals surface area contributed by atoms with Crippen molar-refractivity contribution >= 4 is 17.7 Å². The lowest BCUT2D eigenvalue weighted by Crippen LogP contribution is -2.49. The summed E-state index contributed by atoms with van der Waals surface area (Å²) >= 11 is 0. The zero-order valence-electron chi connectivity index (χ0n) is 16.7. The SMILES string of the molecule is CN(C)c1cc(C(F)(F)F)nc(N2CCN(C(=O)c3ccccc3OC(F)F)CC2)n1. The van der Waals surface area contributed by atoms with E-state index in [9.17, 15) is 26.7 Å². The third-order valence-corrected chi connectivity index (χ3v) is 4.63. The summed E-state index contributed by atoms with van der Waals surface area (Å²) in [6.07, 6.45) is -4.63. The number of rotatable bonds is 5. The van der Waals surface area contributed by atoms with Crippen LogP contribution >= 0.6 is 0 Å². The largest absolute Gasteiger partial charge is 0.434 e. The molecule has 1 fully saturated rings. The second kappa shape index (κ2) is 8.90. The van der Waals surface area contributed by atoms with E-state index in [1.165, 1.54) is 34.1 Å². The van der Waals surface area contributed by atoms with Crippen molar-refractivity contribution in [3.05, 3.63) is 41.6 Å². The molecular formula is C19H20F5N5O2. The predicted octanol–water partition coefficient (Wildman–Crippen LogP) is 3.13. The molecule has 0 N–H and O–H groups in total. The minimum absolute atomic E-state index is 0.0125. The summed E-state index contributed by atoms with van der Waals surface area (Å²) in [5.41, 5.74) is -1.07. The number of hydrogen-bond donors (Lipinski definition) is 0. The van der Waals surface area contributed by atoms with Gasteiger partial charge in [-0.2, -0.15) is 26.9 Å². The molecule has 31 heavy (non-hydrogen) atoms. The van der Waals surface area contributed by atoms with Crippen molar-refractivity contribution in [3.8, 4) is 5.75 Å². The summed E-state index contributed by atoms with van der Waals surface area (Å²) in [7, 11) is 3.14. The number of anilines is 2. The number of carbonyl (C=O) groups excluding carboxylic acids is 1. The summed E-state index contributed by atoms with van der Waals surface area (Å²) < 4.78 is 69.3. The average molecular weight is 445 g/mol. The van der Waals surface area contributed by atoms with Crippen molar-refractivity contribution < 1.29 is 31.5 Å². The summed E-state index contributed by atoms with van der Waals surface area (Å²) in [5.74, 6) is -0.724. The van der Waals surface area contributed by atoms with E-state index in [-0.39, 0.29) is 49.3 Å². The number of carbonyl (C=O) groups is 1. The van der Waals surface area contributed by atoms with Gasteiger partial charge in [0.25, 0.3) is 5.91 Å². The summed E-state index contributed by atoms with van der Waals surface area (Å²) in [5, 5.41) is 0. The van der Waals surface area contributed by atoms with Crippen LogP contribution < -0.4 is 14.5 Å². The Morgan fingerprint density at radius 1 is 1.10 bits per heavy atom. The number of nitrogens with zero attached hydrogens (tertiary/aromatic N) is 5. The first kappa shape index (κ1) is 22.5. The molecule has 1 aromatic carbocycles. The first-order valence-corrected chi connectivity index (χ1v) is 9.28. The summed E-state index contributed by atoms with van der Waals surface area (Å²) in [6, 6.07) is 6.52. The Morgan fingerprint density at radius 2 is 1.74 bits per heavy atom. The number of alkyl halides is 5. The highest BCUT2D eigenvalue weighted by molar-refractivity contribution is 5.97. The lowest BCUT2D eigenvalue weighted by Gasteiger charge is -2.35. The van der Waals surface area contributed by atoms with Crippen LogP contribution in [-0.2, 0) is 6.18 Å². The molecule has 12 heteroatoms. The lowest BCUT2D eigenvalue weighted by molar-refractivity contribution is -0.141. The molecule has 1 aromatic heterocycles. The van der Waals surface area contributed by atoms with Crippen LogP contribution in [0.2, 0.25) is 0 Å². The number of aromatic nitrogens is 2. The zero-order valence-corrected chi connectivity index (χ0v) is 16.7. The molecule has 0 saturated carbocycles. The topological polar surface area (TPSA) is 61.8 Å². The number of para-hydroxylation sites is 1. The Balaban J connectivity index is 1.76. The Bertz CT molecular complexity index is 930. The number of halogens is 5. The molecule has 1 saturated heterocycles. The molecule has 1 aliphatic rings. The molecular weight excluding hydrogens is 425 g/mol. The van der Waals surface area contributed by atoms with Crippen molar-refractivity contribution in [1.29, 1.82) is 0 Å². The van der Waals surface area contributed by atoms with Gasteiger partial charge in [0.2, 0.25) is 5.95 Å². The van der Waals surface area contributed by atoms with Crippen LogP contribution in [-0.4, -0.2) is 67.7 Å². The number of benzene rings is 1. The van der Waals surface area contributed by atoms with Gasteiger partial charge in [-0.3, -0.25) is 4.79 Å². The lowest BCUT2D eigenvalue weighted by atomic mass is 10.1. The molecule has 168 valence electrons. The standard InChI is InChI=1S/C19H20F5N5O2/c1-27(2)15-11-14(19(22,23)24)25-18(26-15)29-9-7-28(8-10-29)16(30)12-5-3-4-6-13(12)31-17(20)21/h3-6,11,17H,7-10H2,1-2H3. The maximum absolute atomic E-state index is 13.2. The van der Waals surface area contributed by atoms with Crippen LogP contribution in [0.15, 0.2) is 30.3 Å². The first-order valence-electron chi connectivity index (χ1n) is 9.28. The van der Waals surface area contributed by atoms with Gasteiger partial charge in [0, 0.05) is 46.3 Å². The van der Waals surface area contributed by atoms with Gasteiger partial charge >= 0.3 is 12.8 Å². The molecule has 7 nitrogen and oxygen atoms in total. The Hall–Kier alpha value is -3.18. The van der Waals surface area contributed by atoms with Crippen LogP contribution in [0.4, 0.5) is 33.7 Å². The van der Waals surface area contributed by atoms with E-state index in [0.29, 0.717) is 0 Å². The van der Waals surface area contributed by atoms with Crippen LogP contribution in [0.5, 0.6) is 5.75 Å². The normalized spacial score (nSPS) is 14.7. The van der Waals surface area contributed by atoms with Gasteiger partial charge in [0.15, 0.2) is 5.69 Å². The highest BCUT2D eigenvalue weighted by Crippen LogP contribution is 2.31. The van der Waals surface area contributed by atoms with Gasteiger partial charge < -0.3 is 19.4 Å². The van der Waals surface area contributed by atoms with Gasteiger partial charge in [0.05, 0.1) is 5.56 Å². The maximum Gasteiger partial charge on any atom is 0.433 e. The number of piperazine rings is 1. The molecule has 2 heterocycles. The zero-order chi connectivity index (χ0) is 22.8. The van der Waals surface area contributed by atoms with E-state index in [2.05, 4.69) is 14.7 Å². The highest BCUT2D eigenvalue weighted by atomic mass is 19.4. The fraction of sp³-hybridized carbons (Fsp3) is 0.421. The van der Waals surface area contributed by atoms with Crippen molar-refractivity contribution in [2.24, 2.45) is 0 Å². The minimum atomic E-state index is -4.63. The molecule has 0 bridgehead atoms. The quantitative estimate of drug-likeness (QED) is 0.660. The Kier molecular flexibility index (Phi) is 6.46. The fourth-order valence-corrected chi connectivity index (χ4v) is 3.06. The second-order valence-corrected chi connectivity index (χ2v) is 6.96. The van der Waals surface area contributed by atoms with Crippen molar-refractivity contribution in [1.82, 2.24) is 14.9 Å². The second-order valence-electron chi connectivity index (χ2n) is 6.96. The molecule has 0 unspecified atom stereocenters. The molecule has 2 aromatic rings. The van der Waals surface area contributed by atoms with E-state index >= 15 is 0 Å². The maximum atomic E-state index is 13.2. The van der Waals surface area contributed by atoms with E-state index < -0.39 is 24.4 Å².